The molecule has 0 saturated carbocycles. The maximum Gasteiger partial charge on any atom is 0.306 e. The lowest BCUT2D eigenvalue weighted by Gasteiger charge is -2.47. The number of non-ortho nitro benzene ring substituents is 1. The highest BCUT2D eigenvalue weighted by Crippen LogP contribution is 2.56. The Balaban J connectivity index is 1.24. The van der Waals surface area contributed by atoms with Crippen LogP contribution in [0.3, 0.4) is 0 Å². The Morgan fingerprint density at radius 1 is 0.656 bits per heavy atom. The second-order valence-electron chi connectivity index (χ2n) is 19.9. The van der Waals surface area contributed by atoms with E-state index >= 15 is 0 Å². The van der Waals surface area contributed by atoms with Crippen molar-refractivity contribution in [1.29, 1.82) is 0 Å². The highest BCUT2D eigenvalue weighted by atomic mass is 35.5. The van der Waals surface area contributed by atoms with Gasteiger partial charge in [-0.25, -0.2) is 0 Å². The van der Waals surface area contributed by atoms with Gasteiger partial charge in [0.2, 0.25) is 5.72 Å². The first-order valence-corrected chi connectivity index (χ1v) is 26.9. The fourth-order valence-electron chi connectivity index (χ4n) is 10.1. The smallest absolute Gasteiger partial charge is 0.306 e. The van der Waals surface area contributed by atoms with Crippen molar-refractivity contribution in [3.05, 3.63) is 68.2 Å². The molecule has 2 aromatic carbocycles. The second-order valence-corrected chi connectivity index (χ2v) is 20.3. The van der Waals surface area contributed by atoms with Crippen LogP contribution in [-0.2, 0) is 21.6 Å². The zero-order valence-corrected chi connectivity index (χ0v) is 41.9. The second kappa shape index (κ2) is 30.3. The number of hydrogen-bond acceptors (Lipinski definition) is 6. The van der Waals surface area contributed by atoms with Crippen LogP contribution in [0.15, 0.2) is 36.4 Å². The van der Waals surface area contributed by atoms with Gasteiger partial charge in [-0.3, -0.25) is 14.9 Å². The summed E-state index contributed by atoms with van der Waals surface area (Å²) in [6.45, 7) is 9.65. The summed E-state index contributed by atoms with van der Waals surface area (Å²) in [5.74, 6) is 0.257. The van der Waals surface area contributed by atoms with E-state index in [0.717, 1.165) is 49.9 Å². The maximum absolute atomic E-state index is 13.0. The Morgan fingerprint density at radius 2 is 1.11 bits per heavy atom. The Hall–Kier alpha value is -3.06. The van der Waals surface area contributed by atoms with E-state index in [1.807, 2.05) is 12.1 Å². The Bertz CT molecular complexity index is 1670. The number of nitro benzene ring substituents is 1. The van der Waals surface area contributed by atoms with Gasteiger partial charge < -0.3 is 14.4 Å². The van der Waals surface area contributed by atoms with E-state index in [1.165, 1.54) is 179 Å². The third kappa shape index (κ3) is 17.3. The number of unbranched alkanes of at least 4 members (excludes halogenated alkanes) is 30. The molecule has 7 nitrogen and oxygen atoms in total. The number of benzene rings is 2. The van der Waals surface area contributed by atoms with Gasteiger partial charge in [0.15, 0.2) is 0 Å². The van der Waals surface area contributed by atoms with Gasteiger partial charge in [-0.05, 0) is 62.6 Å². The van der Waals surface area contributed by atoms with Gasteiger partial charge in [0, 0.05) is 46.9 Å². The highest BCUT2D eigenvalue weighted by Gasteiger charge is 2.59. The van der Waals surface area contributed by atoms with E-state index in [-0.39, 0.29) is 23.2 Å². The van der Waals surface area contributed by atoms with Crippen LogP contribution < -0.4 is 9.64 Å². The van der Waals surface area contributed by atoms with Gasteiger partial charge in [-0.15, -0.1) is 0 Å². The first kappa shape index (κ1) is 53.6. The minimum atomic E-state index is -0.898. The molecule has 0 aromatic heterocycles. The molecule has 0 bridgehead atoms. The van der Waals surface area contributed by atoms with Gasteiger partial charge >= 0.3 is 5.97 Å². The van der Waals surface area contributed by atoms with Crippen molar-refractivity contribution < 1.29 is 19.2 Å². The number of nitrogens with zero attached hydrogens (tertiary/aromatic N) is 2. The van der Waals surface area contributed by atoms with Gasteiger partial charge in [0.05, 0.1) is 10.3 Å². The largest absolute Gasteiger partial charge is 0.462 e. The molecule has 1 spiro atoms. The summed E-state index contributed by atoms with van der Waals surface area (Å²) in [5.41, 5.74) is 1.88. The molecule has 360 valence electrons. The van der Waals surface area contributed by atoms with Crippen molar-refractivity contribution in [2.75, 3.05) is 11.4 Å². The quantitative estimate of drug-likeness (QED) is 0.0291. The third-order valence-corrected chi connectivity index (χ3v) is 14.4. The summed E-state index contributed by atoms with van der Waals surface area (Å²) in [4.78, 5) is 27.1. The van der Waals surface area contributed by atoms with Gasteiger partial charge in [0.25, 0.3) is 5.69 Å². The molecular weight excluding hydrogens is 816 g/mol. The first-order chi connectivity index (χ1) is 31.1. The number of esters is 1. The van der Waals surface area contributed by atoms with Crippen molar-refractivity contribution in [3.8, 4) is 5.75 Å². The number of fused-ring (bicyclic) bond motifs is 2. The first-order valence-electron chi connectivity index (χ1n) is 26.6. The van der Waals surface area contributed by atoms with Crippen molar-refractivity contribution in [2.24, 2.45) is 0 Å². The number of carbonyl (C=O) groups excluding carboxylic acids is 1. The molecule has 0 saturated heterocycles. The van der Waals surface area contributed by atoms with Crippen LogP contribution in [0.4, 0.5) is 11.4 Å². The molecule has 8 heteroatoms. The molecule has 2 aromatic rings. The van der Waals surface area contributed by atoms with Crippen molar-refractivity contribution in [3.63, 3.8) is 0 Å². The number of halogens is 1. The van der Waals surface area contributed by atoms with E-state index in [9.17, 15) is 14.9 Å². The molecule has 0 N–H and O–H groups in total. The SMILES string of the molecule is CCCCCCCCCCCCCCCCCCC(=O)OCc1cc([N+](=O)[O-])cc2c1OC1(C=C2)N(CCCCCCCCCCCCCCCCCC)c2ccc(Cl)cc2C1(C)C. The molecule has 64 heavy (non-hydrogen) atoms. The number of hydrogen-bond donors (Lipinski definition) is 0. The van der Waals surface area contributed by atoms with Crippen LogP contribution in [0.25, 0.3) is 6.08 Å². The monoisotopic (exact) mass is 905 g/mol. The fraction of sp³-hybridized carbons (Fsp3) is 0.732. The number of rotatable bonds is 37. The van der Waals surface area contributed by atoms with E-state index in [1.54, 1.807) is 6.07 Å². The summed E-state index contributed by atoms with van der Waals surface area (Å²) < 4.78 is 13.0. The Kier molecular flexibility index (Phi) is 25.3. The highest BCUT2D eigenvalue weighted by molar-refractivity contribution is 6.30. The standard InChI is InChI=1S/C56H89ClN2O5/c1-5-7-9-11-13-15-17-19-21-23-25-27-29-31-33-35-37-53(60)63-46-48-44-50(59(61)62)43-47-40-41-56(64-54(47)48)55(3,4)51-45-49(57)38-39-52(51)58(56)42-36-34-32-30-28-26-24-22-20-18-16-14-12-10-8-6-2/h38-41,43-45H,5-37,42,46H2,1-4H3. The molecule has 2 aliphatic heterocycles. The summed E-state index contributed by atoms with van der Waals surface area (Å²) in [7, 11) is 0. The van der Waals surface area contributed by atoms with Crippen LogP contribution in [0, 0.1) is 10.1 Å². The lowest BCUT2D eigenvalue weighted by Crippen LogP contribution is -2.59. The van der Waals surface area contributed by atoms with Crippen molar-refractivity contribution in [1.82, 2.24) is 0 Å². The summed E-state index contributed by atoms with van der Waals surface area (Å²) in [6.07, 6.45) is 46.0. The number of carbonyl (C=O) groups is 1. The molecule has 0 amide bonds. The predicted octanol–water partition coefficient (Wildman–Crippen LogP) is 18.1. The maximum atomic E-state index is 13.0. The molecule has 0 fully saturated rings. The molecule has 2 heterocycles. The average molecular weight is 906 g/mol. The van der Waals surface area contributed by atoms with Crippen molar-refractivity contribution in [2.45, 2.75) is 257 Å². The Morgan fingerprint density at radius 3 is 1.58 bits per heavy atom. The molecule has 1 atom stereocenters. The van der Waals surface area contributed by atoms with Crippen LogP contribution >= 0.6 is 11.6 Å². The van der Waals surface area contributed by atoms with Gasteiger partial charge in [-0.2, -0.15) is 0 Å². The van der Waals surface area contributed by atoms with Crippen LogP contribution in [-0.4, -0.2) is 23.2 Å². The fourth-order valence-corrected chi connectivity index (χ4v) is 10.3. The zero-order chi connectivity index (χ0) is 45.9. The van der Waals surface area contributed by atoms with Crippen LogP contribution in [0.2, 0.25) is 5.02 Å². The lowest BCUT2D eigenvalue weighted by atomic mass is 9.76. The average Bonchev–Trinajstić information content (AvgIpc) is 3.45. The summed E-state index contributed by atoms with van der Waals surface area (Å²) in [6, 6.07) is 9.18. The summed E-state index contributed by atoms with van der Waals surface area (Å²) in [5, 5.41) is 12.8. The Labute approximate surface area is 395 Å². The molecule has 0 aliphatic carbocycles. The van der Waals surface area contributed by atoms with Gasteiger partial charge in [0.1, 0.15) is 12.4 Å². The molecular formula is C56H89ClN2O5. The minimum Gasteiger partial charge on any atom is -0.462 e. The van der Waals surface area contributed by atoms with E-state index in [4.69, 9.17) is 21.1 Å². The van der Waals surface area contributed by atoms with E-state index in [0.29, 0.717) is 28.3 Å². The molecule has 4 rings (SSSR count). The summed E-state index contributed by atoms with van der Waals surface area (Å²) >= 11 is 6.62. The normalized spacial score (nSPS) is 16.0. The number of ether oxygens (including phenoxy) is 2. The lowest BCUT2D eigenvalue weighted by molar-refractivity contribution is -0.385. The third-order valence-electron chi connectivity index (χ3n) is 14.2. The molecule has 2 aliphatic rings. The zero-order valence-electron chi connectivity index (χ0n) is 41.1. The van der Waals surface area contributed by atoms with Crippen LogP contribution in [0.5, 0.6) is 5.75 Å². The minimum absolute atomic E-state index is 0.0439. The van der Waals surface area contributed by atoms with E-state index < -0.39 is 11.1 Å². The molecule has 0 radical (unpaired) electrons. The van der Waals surface area contributed by atoms with Gasteiger partial charge in [-0.1, -0.05) is 218 Å². The van der Waals surface area contributed by atoms with E-state index in [2.05, 4.69) is 50.8 Å². The number of nitro groups is 1. The number of anilines is 1. The predicted molar refractivity (Wildman–Crippen MR) is 271 cm³/mol. The van der Waals surface area contributed by atoms with Crippen LogP contribution in [0.1, 0.15) is 256 Å². The molecule has 1 unspecified atom stereocenters. The van der Waals surface area contributed by atoms with Crippen molar-refractivity contribution >= 4 is 35.0 Å². The topological polar surface area (TPSA) is 81.9 Å².